The third-order valence-corrected chi connectivity index (χ3v) is 2.85. The van der Waals surface area contributed by atoms with Gasteiger partial charge in [0.05, 0.1) is 4.92 Å². The van der Waals surface area contributed by atoms with E-state index in [0.29, 0.717) is 12.2 Å². The molecule has 0 atom stereocenters. The summed E-state index contributed by atoms with van der Waals surface area (Å²) in [5.41, 5.74) is 1.66. The summed E-state index contributed by atoms with van der Waals surface area (Å²) in [5.74, 6) is 0. The van der Waals surface area contributed by atoms with Crippen LogP contribution in [-0.2, 0) is 0 Å². The van der Waals surface area contributed by atoms with Crippen molar-refractivity contribution >= 4 is 11.4 Å². The van der Waals surface area contributed by atoms with Gasteiger partial charge in [0.1, 0.15) is 5.69 Å². The first-order chi connectivity index (χ1) is 8.71. The first kappa shape index (κ1) is 15.4. The normalized spacial score (nSPS) is 11.7. The van der Waals surface area contributed by atoms with Crippen LogP contribution in [0.1, 0.15) is 19.4 Å². The van der Waals surface area contributed by atoms with Crippen LogP contribution < -0.4 is 5.32 Å². The molecule has 106 valence electrons. The minimum absolute atomic E-state index is 0.0439. The summed E-state index contributed by atoms with van der Waals surface area (Å²) in [4.78, 5) is 12.8. The van der Waals surface area contributed by atoms with Crippen LogP contribution in [0.3, 0.4) is 0 Å². The maximum absolute atomic E-state index is 11.0. The van der Waals surface area contributed by atoms with E-state index in [1.54, 1.807) is 12.1 Å². The lowest BCUT2D eigenvalue weighted by Crippen LogP contribution is -2.34. The van der Waals surface area contributed by atoms with Crippen molar-refractivity contribution in [2.45, 2.75) is 20.8 Å². The molecule has 5 heteroatoms. The van der Waals surface area contributed by atoms with Crippen LogP contribution >= 0.6 is 0 Å². The number of aryl methyl sites for hydroxylation is 1. The van der Waals surface area contributed by atoms with Crippen molar-refractivity contribution in [1.29, 1.82) is 0 Å². The average molecular weight is 265 g/mol. The van der Waals surface area contributed by atoms with E-state index >= 15 is 0 Å². The summed E-state index contributed by atoms with van der Waals surface area (Å²) in [6, 6.07) is 5.26. The topological polar surface area (TPSA) is 58.4 Å². The number of hydrogen-bond donors (Lipinski definition) is 1. The number of rotatable bonds is 6. The Bertz CT molecular complexity index is 456. The van der Waals surface area contributed by atoms with Gasteiger partial charge < -0.3 is 10.2 Å². The van der Waals surface area contributed by atoms with Crippen molar-refractivity contribution in [1.82, 2.24) is 4.90 Å². The summed E-state index contributed by atoms with van der Waals surface area (Å²) >= 11 is 0. The van der Waals surface area contributed by atoms with Gasteiger partial charge in [0, 0.05) is 19.2 Å². The quantitative estimate of drug-likeness (QED) is 0.634. The summed E-state index contributed by atoms with van der Waals surface area (Å²) in [7, 11) is 4.05. The Hall–Kier alpha value is -1.62. The van der Waals surface area contributed by atoms with E-state index in [-0.39, 0.29) is 16.0 Å². The molecule has 0 fully saturated rings. The van der Waals surface area contributed by atoms with Gasteiger partial charge >= 0.3 is 0 Å². The van der Waals surface area contributed by atoms with Crippen LogP contribution in [0.25, 0.3) is 0 Å². The third-order valence-electron chi connectivity index (χ3n) is 2.85. The number of nitro benzene ring substituents is 1. The van der Waals surface area contributed by atoms with Gasteiger partial charge in [0.2, 0.25) is 0 Å². The zero-order chi connectivity index (χ0) is 14.6. The van der Waals surface area contributed by atoms with Crippen molar-refractivity contribution in [3.05, 3.63) is 33.9 Å². The number of benzene rings is 1. The summed E-state index contributed by atoms with van der Waals surface area (Å²) in [5, 5.41) is 14.2. The largest absolute Gasteiger partial charge is 0.379 e. The van der Waals surface area contributed by atoms with E-state index in [1.165, 1.54) is 0 Å². The average Bonchev–Trinajstić information content (AvgIpc) is 2.25. The zero-order valence-electron chi connectivity index (χ0n) is 12.4. The Morgan fingerprint density at radius 1 is 1.37 bits per heavy atom. The standard InChI is InChI=1S/C14H23N3O2/c1-11-6-7-12(13(8-11)17(18)19)15-9-14(2,3)10-16(4)5/h6-8,15H,9-10H2,1-5H3. The number of anilines is 1. The Morgan fingerprint density at radius 2 is 2.00 bits per heavy atom. The fourth-order valence-electron chi connectivity index (χ4n) is 2.19. The van der Waals surface area contributed by atoms with Crippen molar-refractivity contribution in [2.75, 3.05) is 32.5 Å². The monoisotopic (exact) mass is 265 g/mol. The lowest BCUT2D eigenvalue weighted by atomic mass is 9.93. The van der Waals surface area contributed by atoms with Crippen LogP contribution in [0.2, 0.25) is 0 Å². The highest BCUT2D eigenvalue weighted by molar-refractivity contribution is 5.62. The van der Waals surface area contributed by atoms with Gasteiger partial charge in [0.15, 0.2) is 0 Å². The Kier molecular flexibility index (Phi) is 4.89. The molecule has 5 nitrogen and oxygen atoms in total. The molecule has 0 aliphatic rings. The van der Waals surface area contributed by atoms with Gasteiger partial charge in [-0.3, -0.25) is 10.1 Å². The summed E-state index contributed by atoms with van der Waals surface area (Å²) < 4.78 is 0. The van der Waals surface area contributed by atoms with E-state index < -0.39 is 0 Å². The third kappa shape index (κ3) is 4.87. The minimum Gasteiger partial charge on any atom is -0.379 e. The van der Waals surface area contributed by atoms with Crippen molar-refractivity contribution < 1.29 is 4.92 Å². The fourth-order valence-corrected chi connectivity index (χ4v) is 2.19. The highest BCUT2D eigenvalue weighted by Crippen LogP contribution is 2.27. The van der Waals surface area contributed by atoms with Crippen LogP contribution in [0, 0.1) is 22.5 Å². The van der Waals surface area contributed by atoms with E-state index in [4.69, 9.17) is 0 Å². The molecule has 0 aromatic heterocycles. The number of nitrogens with one attached hydrogen (secondary N) is 1. The molecule has 0 radical (unpaired) electrons. The van der Waals surface area contributed by atoms with Gasteiger partial charge in [-0.05, 0) is 38.1 Å². The van der Waals surface area contributed by atoms with Crippen molar-refractivity contribution in [3.8, 4) is 0 Å². The van der Waals surface area contributed by atoms with Crippen molar-refractivity contribution in [2.24, 2.45) is 5.41 Å². The van der Waals surface area contributed by atoms with Crippen molar-refractivity contribution in [3.63, 3.8) is 0 Å². The lowest BCUT2D eigenvalue weighted by Gasteiger charge is -2.28. The predicted octanol–water partition coefficient (Wildman–Crippen LogP) is 2.90. The summed E-state index contributed by atoms with van der Waals surface area (Å²) in [6.07, 6.45) is 0. The highest BCUT2D eigenvalue weighted by Gasteiger charge is 2.21. The molecule has 1 aromatic carbocycles. The highest BCUT2D eigenvalue weighted by atomic mass is 16.6. The predicted molar refractivity (Wildman–Crippen MR) is 78.7 cm³/mol. The summed E-state index contributed by atoms with van der Waals surface area (Å²) in [6.45, 7) is 7.74. The van der Waals surface area contributed by atoms with Crippen LogP contribution in [-0.4, -0.2) is 37.0 Å². The first-order valence-corrected chi connectivity index (χ1v) is 6.35. The molecule has 0 spiro atoms. The Morgan fingerprint density at radius 3 is 2.53 bits per heavy atom. The molecule has 1 N–H and O–H groups in total. The zero-order valence-corrected chi connectivity index (χ0v) is 12.4. The Balaban J connectivity index is 2.80. The molecule has 1 aromatic rings. The molecule has 19 heavy (non-hydrogen) atoms. The van der Waals surface area contributed by atoms with Crippen LogP contribution in [0.5, 0.6) is 0 Å². The first-order valence-electron chi connectivity index (χ1n) is 6.35. The second-order valence-corrected chi connectivity index (χ2v) is 6.03. The molecule has 0 unspecified atom stereocenters. The van der Waals surface area contributed by atoms with E-state index in [0.717, 1.165) is 12.1 Å². The molecule has 0 aliphatic carbocycles. The van der Waals surface area contributed by atoms with Crippen LogP contribution in [0.15, 0.2) is 18.2 Å². The molecule has 0 bridgehead atoms. The molecular weight excluding hydrogens is 242 g/mol. The SMILES string of the molecule is Cc1ccc(NCC(C)(C)CN(C)C)c([N+](=O)[O-])c1. The number of nitro groups is 1. The minimum atomic E-state index is -0.339. The molecule has 0 saturated heterocycles. The van der Waals surface area contributed by atoms with Gasteiger partial charge in [-0.25, -0.2) is 0 Å². The Labute approximate surface area is 114 Å². The van der Waals surface area contributed by atoms with E-state index in [9.17, 15) is 10.1 Å². The molecule has 0 heterocycles. The number of hydrogen-bond acceptors (Lipinski definition) is 4. The van der Waals surface area contributed by atoms with Gasteiger partial charge in [-0.1, -0.05) is 19.9 Å². The maximum Gasteiger partial charge on any atom is 0.292 e. The molecule has 0 aliphatic heterocycles. The van der Waals surface area contributed by atoms with Gasteiger partial charge in [0.25, 0.3) is 5.69 Å². The van der Waals surface area contributed by atoms with Crippen LogP contribution in [0.4, 0.5) is 11.4 Å². The van der Waals surface area contributed by atoms with E-state index in [1.807, 2.05) is 27.1 Å². The maximum atomic E-state index is 11.0. The smallest absolute Gasteiger partial charge is 0.292 e. The second-order valence-electron chi connectivity index (χ2n) is 6.03. The molecule has 0 saturated carbocycles. The number of nitrogens with zero attached hydrogens (tertiary/aromatic N) is 2. The second kappa shape index (κ2) is 6.02. The lowest BCUT2D eigenvalue weighted by molar-refractivity contribution is -0.384. The van der Waals surface area contributed by atoms with Gasteiger partial charge in [-0.15, -0.1) is 0 Å². The van der Waals surface area contributed by atoms with E-state index in [2.05, 4.69) is 24.1 Å². The fraction of sp³-hybridized carbons (Fsp3) is 0.571. The molecular formula is C14H23N3O2. The molecule has 1 rings (SSSR count). The molecule has 0 amide bonds. The van der Waals surface area contributed by atoms with Gasteiger partial charge in [-0.2, -0.15) is 0 Å².